The molecule has 0 spiro atoms. The third-order valence-electron chi connectivity index (χ3n) is 3.32. The summed E-state index contributed by atoms with van der Waals surface area (Å²) in [5.74, 6) is -0.786. The normalized spacial score (nSPS) is 11.0. The number of amides is 1. The van der Waals surface area contributed by atoms with Crippen molar-refractivity contribution < 1.29 is 19.4 Å². The number of halogens is 2. The van der Waals surface area contributed by atoms with Gasteiger partial charge in [-0.05, 0) is 72.3 Å². The van der Waals surface area contributed by atoms with E-state index in [1.165, 1.54) is 13.8 Å². The van der Waals surface area contributed by atoms with Crippen molar-refractivity contribution in [1.82, 2.24) is 0 Å². The largest absolute Gasteiger partial charge is 0.478 e. The van der Waals surface area contributed by atoms with Crippen molar-refractivity contribution in [2.24, 2.45) is 0 Å². The summed E-state index contributed by atoms with van der Waals surface area (Å²) in [4.78, 5) is 23.2. The van der Waals surface area contributed by atoms with Crippen LogP contribution in [0.1, 0.15) is 19.4 Å². The van der Waals surface area contributed by atoms with E-state index in [1.54, 1.807) is 36.4 Å². The fourth-order valence-electron chi connectivity index (χ4n) is 2.03. The van der Waals surface area contributed by atoms with E-state index in [2.05, 4.69) is 27.9 Å². The average molecular weight is 474 g/mol. The molecule has 25 heavy (non-hydrogen) atoms. The molecule has 2 N–H and O–H groups in total. The Kier molecular flexibility index (Phi) is 6.29. The lowest BCUT2D eigenvalue weighted by atomic mass is 10.1. The van der Waals surface area contributed by atoms with Crippen LogP contribution >= 0.6 is 34.2 Å². The maximum absolute atomic E-state index is 12.1. The van der Waals surface area contributed by atoms with Gasteiger partial charge in [-0.15, -0.1) is 0 Å². The van der Waals surface area contributed by atoms with E-state index in [9.17, 15) is 9.59 Å². The van der Waals surface area contributed by atoms with Crippen molar-refractivity contribution in [3.63, 3.8) is 0 Å². The van der Waals surface area contributed by atoms with E-state index in [-0.39, 0.29) is 12.3 Å². The zero-order valence-electron chi connectivity index (χ0n) is 13.7. The van der Waals surface area contributed by atoms with E-state index in [4.69, 9.17) is 21.4 Å². The topological polar surface area (TPSA) is 75.6 Å². The molecule has 7 heteroatoms. The quantitative estimate of drug-likeness (QED) is 0.611. The molecule has 1 amide bonds. The number of anilines is 1. The van der Waals surface area contributed by atoms with E-state index >= 15 is 0 Å². The highest BCUT2D eigenvalue weighted by molar-refractivity contribution is 14.1. The molecule has 0 atom stereocenters. The van der Waals surface area contributed by atoms with E-state index < -0.39 is 11.6 Å². The number of carboxylic acid groups (broad SMARTS) is 1. The van der Waals surface area contributed by atoms with Crippen LogP contribution in [0.2, 0.25) is 5.02 Å². The van der Waals surface area contributed by atoms with Crippen LogP contribution < -0.4 is 10.1 Å². The minimum absolute atomic E-state index is 0.169. The van der Waals surface area contributed by atoms with Crippen molar-refractivity contribution in [3.8, 4) is 5.75 Å². The third-order valence-corrected chi connectivity index (χ3v) is 4.16. The molecule has 0 aliphatic carbocycles. The van der Waals surface area contributed by atoms with Crippen molar-refractivity contribution in [2.75, 3.05) is 5.32 Å². The van der Waals surface area contributed by atoms with Gasteiger partial charge in [-0.25, -0.2) is 4.79 Å². The van der Waals surface area contributed by atoms with E-state index in [0.29, 0.717) is 16.5 Å². The van der Waals surface area contributed by atoms with Crippen LogP contribution in [0, 0.1) is 3.57 Å². The Hall–Kier alpha value is -1.80. The minimum atomic E-state index is -1.32. The number of carbonyl (C=O) groups is 2. The maximum Gasteiger partial charge on any atom is 0.347 e. The highest BCUT2D eigenvalue weighted by Crippen LogP contribution is 2.22. The fraction of sp³-hybridized carbons (Fsp3) is 0.222. The van der Waals surface area contributed by atoms with Gasteiger partial charge in [-0.1, -0.05) is 23.7 Å². The van der Waals surface area contributed by atoms with Crippen LogP contribution in [0.25, 0.3) is 0 Å². The van der Waals surface area contributed by atoms with Crippen molar-refractivity contribution in [1.29, 1.82) is 0 Å². The van der Waals surface area contributed by atoms with Crippen LogP contribution in [0.3, 0.4) is 0 Å². The van der Waals surface area contributed by atoms with Gasteiger partial charge >= 0.3 is 5.97 Å². The highest BCUT2D eigenvalue weighted by Gasteiger charge is 2.29. The van der Waals surface area contributed by atoms with Crippen LogP contribution in [0.15, 0.2) is 42.5 Å². The second-order valence-electron chi connectivity index (χ2n) is 5.94. The molecule has 2 rings (SSSR count). The summed E-state index contributed by atoms with van der Waals surface area (Å²) in [5.41, 5.74) is 0.113. The van der Waals surface area contributed by atoms with E-state index in [1.807, 2.05) is 6.07 Å². The van der Waals surface area contributed by atoms with Gasteiger partial charge in [0.2, 0.25) is 5.91 Å². The predicted molar refractivity (Wildman–Crippen MR) is 105 cm³/mol. The summed E-state index contributed by atoms with van der Waals surface area (Å²) >= 11 is 8.10. The van der Waals surface area contributed by atoms with Crippen molar-refractivity contribution in [3.05, 3.63) is 56.6 Å². The molecule has 2 aromatic rings. The molecule has 0 unspecified atom stereocenters. The first kappa shape index (κ1) is 19.5. The van der Waals surface area contributed by atoms with Crippen LogP contribution in [0.5, 0.6) is 5.75 Å². The lowest BCUT2D eigenvalue weighted by Gasteiger charge is -2.21. The first-order chi connectivity index (χ1) is 11.7. The van der Waals surface area contributed by atoms with Gasteiger partial charge in [0.1, 0.15) is 5.75 Å². The van der Waals surface area contributed by atoms with E-state index in [0.717, 1.165) is 9.13 Å². The molecule has 132 valence electrons. The predicted octanol–water partition coefficient (Wildman–Crippen LogP) is 4.37. The zero-order chi connectivity index (χ0) is 18.6. The van der Waals surface area contributed by atoms with Crippen LogP contribution in [-0.2, 0) is 16.0 Å². The number of nitrogens with one attached hydrogen (secondary N) is 1. The lowest BCUT2D eigenvalue weighted by Crippen LogP contribution is -2.37. The molecular weight excluding hydrogens is 457 g/mol. The second-order valence-corrected chi connectivity index (χ2v) is 7.63. The molecule has 0 saturated carbocycles. The van der Waals surface area contributed by atoms with Crippen LogP contribution in [0.4, 0.5) is 5.69 Å². The zero-order valence-corrected chi connectivity index (χ0v) is 16.6. The Morgan fingerprint density at radius 1 is 1.20 bits per heavy atom. The molecule has 0 aliphatic heterocycles. The summed E-state index contributed by atoms with van der Waals surface area (Å²) < 4.78 is 6.36. The highest BCUT2D eigenvalue weighted by atomic mass is 127. The first-order valence-corrected chi connectivity index (χ1v) is 8.89. The number of ether oxygens (including phenoxy) is 1. The molecule has 0 radical (unpaired) electrons. The maximum atomic E-state index is 12.1. The van der Waals surface area contributed by atoms with Crippen molar-refractivity contribution >= 4 is 51.8 Å². The molecule has 2 aromatic carbocycles. The Bertz CT molecular complexity index is 770. The van der Waals surface area contributed by atoms with Gasteiger partial charge in [0.05, 0.1) is 6.42 Å². The van der Waals surface area contributed by atoms with Crippen molar-refractivity contribution in [2.45, 2.75) is 25.9 Å². The van der Waals surface area contributed by atoms with Gasteiger partial charge in [-0.2, -0.15) is 0 Å². The standard InChI is InChI=1S/C18H17ClINO4/c1-18(2,17(23)24)25-15-5-3-11(4-6-15)7-16(22)21-14-9-12(19)8-13(20)10-14/h3-6,8-10H,7H2,1-2H3,(H,21,22)(H,23,24). The monoisotopic (exact) mass is 473 g/mol. The number of hydrogen-bond donors (Lipinski definition) is 2. The lowest BCUT2D eigenvalue weighted by molar-refractivity contribution is -0.152. The number of aliphatic carboxylic acids is 1. The molecule has 0 heterocycles. The second kappa shape index (κ2) is 8.05. The molecule has 0 bridgehead atoms. The molecule has 0 aromatic heterocycles. The Labute approximate surface area is 164 Å². The molecule has 0 aliphatic rings. The van der Waals surface area contributed by atoms with Gasteiger partial charge in [-0.3, -0.25) is 4.79 Å². The number of rotatable bonds is 6. The van der Waals surface area contributed by atoms with Gasteiger partial charge < -0.3 is 15.2 Å². The average Bonchev–Trinajstić information content (AvgIpc) is 2.47. The number of carbonyl (C=O) groups excluding carboxylic acids is 1. The summed E-state index contributed by atoms with van der Waals surface area (Å²) in [7, 11) is 0. The number of hydrogen-bond acceptors (Lipinski definition) is 3. The number of carboxylic acids is 1. The molecule has 5 nitrogen and oxygen atoms in total. The SMILES string of the molecule is CC(C)(Oc1ccc(CC(=O)Nc2cc(Cl)cc(I)c2)cc1)C(=O)O. The third kappa shape index (κ3) is 5.89. The Morgan fingerprint density at radius 3 is 2.40 bits per heavy atom. The Balaban J connectivity index is 1.98. The van der Waals surface area contributed by atoms with Gasteiger partial charge in [0, 0.05) is 14.3 Å². The summed E-state index contributed by atoms with van der Waals surface area (Å²) in [5, 5.41) is 12.4. The minimum Gasteiger partial charge on any atom is -0.478 e. The summed E-state index contributed by atoms with van der Waals surface area (Å²) in [6, 6.07) is 12.1. The fourth-order valence-corrected chi connectivity index (χ4v) is 3.12. The van der Waals surface area contributed by atoms with Gasteiger partial charge in [0.15, 0.2) is 5.60 Å². The van der Waals surface area contributed by atoms with Crippen LogP contribution in [-0.4, -0.2) is 22.6 Å². The number of benzene rings is 2. The molecular formula is C18H17ClINO4. The summed E-state index contributed by atoms with van der Waals surface area (Å²) in [6.45, 7) is 2.95. The first-order valence-electron chi connectivity index (χ1n) is 7.43. The molecule has 0 fully saturated rings. The Morgan fingerprint density at radius 2 is 1.84 bits per heavy atom. The smallest absolute Gasteiger partial charge is 0.347 e. The van der Waals surface area contributed by atoms with Gasteiger partial charge in [0.25, 0.3) is 0 Å². The molecule has 0 saturated heterocycles. The summed E-state index contributed by atoms with van der Waals surface area (Å²) in [6.07, 6.45) is 0.186.